The van der Waals surface area contributed by atoms with E-state index in [2.05, 4.69) is 19.0 Å². The fourth-order valence-corrected chi connectivity index (χ4v) is 4.78. The summed E-state index contributed by atoms with van der Waals surface area (Å²) in [6.07, 6.45) is 5.02. The molecule has 2 aliphatic carbocycles. The first kappa shape index (κ1) is 19.3. The summed E-state index contributed by atoms with van der Waals surface area (Å²) in [5.74, 6) is 2.05. The van der Waals surface area contributed by atoms with Crippen molar-refractivity contribution in [1.29, 1.82) is 0 Å². The van der Waals surface area contributed by atoms with Crippen molar-refractivity contribution in [1.82, 2.24) is 4.90 Å². The van der Waals surface area contributed by atoms with Crippen molar-refractivity contribution < 1.29 is 13.9 Å². The predicted octanol–water partition coefficient (Wildman–Crippen LogP) is 4.86. The molecule has 1 aromatic rings. The van der Waals surface area contributed by atoms with Gasteiger partial charge in [-0.05, 0) is 95.5 Å². The number of hydrogen-bond acceptors (Lipinski definition) is 3. The van der Waals surface area contributed by atoms with Crippen molar-refractivity contribution in [2.75, 3.05) is 20.6 Å². The Morgan fingerprint density at radius 2 is 1.92 bits per heavy atom. The lowest BCUT2D eigenvalue weighted by molar-refractivity contribution is -0.143. The Bertz CT molecular complexity index is 665. The van der Waals surface area contributed by atoms with Gasteiger partial charge in [0, 0.05) is 12.6 Å². The van der Waals surface area contributed by atoms with Crippen molar-refractivity contribution in [3.63, 3.8) is 0 Å². The zero-order valence-electron chi connectivity index (χ0n) is 16.7. The summed E-state index contributed by atoms with van der Waals surface area (Å²) in [4.78, 5) is 14.5. The van der Waals surface area contributed by atoms with Gasteiger partial charge in [0.15, 0.2) is 0 Å². The van der Waals surface area contributed by atoms with Gasteiger partial charge in [0.1, 0.15) is 11.6 Å². The number of halogens is 1. The Hall–Kier alpha value is -1.42. The maximum Gasteiger partial charge on any atom is 0.316 e. The number of carbonyl (C=O) groups is 1. The van der Waals surface area contributed by atoms with Gasteiger partial charge in [-0.1, -0.05) is 6.42 Å². The van der Waals surface area contributed by atoms with Crippen LogP contribution in [0, 0.1) is 29.0 Å². The van der Waals surface area contributed by atoms with E-state index in [0.29, 0.717) is 17.6 Å². The first-order chi connectivity index (χ1) is 12.1. The first-order valence-electron chi connectivity index (χ1n) is 9.81. The number of hydrogen-bond donors (Lipinski definition) is 0. The van der Waals surface area contributed by atoms with Crippen LogP contribution in [0.4, 0.5) is 4.39 Å². The number of carbonyl (C=O) groups excluding carboxylic acids is 1. The van der Waals surface area contributed by atoms with Crippen molar-refractivity contribution in [3.05, 3.63) is 29.6 Å². The lowest BCUT2D eigenvalue weighted by Gasteiger charge is -2.38. The summed E-state index contributed by atoms with van der Waals surface area (Å²) in [5, 5.41) is 0. The van der Waals surface area contributed by atoms with Crippen LogP contribution in [-0.2, 0) is 4.79 Å². The molecule has 2 bridgehead atoms. The third-order valence-electron chi connectivity index (χ3n) is 6.01. The average Bonchev–Trinajstić information content (AvgIpc) is 2.91. The Morgan fingerprint density at radius 1 is 1.19 bits per heavy atom. The Balaban J connectivity index is 1.88. The van der Waals surface area contributed by atoms with Crippen LogP contribution in [-0.4, -0.2) is 31.5 Å². The van der Waals surface area contributed by atoms with Crippen LogP contribution in [0.15, 0.2) is 18.2 Å². The van der Waals surface area contributed by atoms with Crippen LogP contribution in [0.5, 0.6) is 5.75 Å². The minimum atomic E-state index is -0.607. The summed E-state index contributed by atoms with van der Waals surface area (Å²) in [5.41, 5.74) is 0.384. The molecule has 2 saturated carbocycles. The predicted molar refractivity (Wildman–Crippen MR) is 102 cm³/mol. The molecule has 0 aromatic heterocycles. The summed E-state index contributed by atoms with van der Waals surface area (Å²) in [7, 11) is 4.22. The molecule has 3 nitrogen and oxygen atoms in total. The Labute approximate surface area is 156 Å². The van der Waals surface area contributed by atoms with Crippen LogP contribution >= 0.6 is 0 Å². The lowest BCUT2D eigenvalue weighted by atomic mass is 9.69. The van der Waals surface area contributed by atoms with E-state index in [9.17, 15) is 9.18 Å². The van der Waals surface area contributed by atoms with E-state index in [0.717, 1.165) is 30.4 Å². The van der Waals surface area contributed by atoms with E-state index in [-0.39, 0.29) is 11.8 Å². The highest BCUT2D eigenvalue weighted by molar-refractivity contribution is 5.77. The lowest BCUT2D eigenvalue weighted by Crippen LogP contribution is -2.34. The third-order valence-corrected chi connectivity index (χ3v) is 6.01. The molecule has 4 heteroatoms. The fourth-order valence-electron chi connectivity index (χ4n) is 4.78. The molecule has 0 saturated heterocycles. The molecular weight excluding hydrogens is 329 g/mol. The topological polar surface area (TPSA) is 29.5 Å². The largest absolute Gasteiger partial charge is 0.426 e. The van der Waals surface area contributed by atoms with E-state index in [1.807, 2.05) is 26.8 Å². The van der Waals surface area contributed by atoms with E-state index in [1.54, 1.807) is 6.07 Å². The molecule has 144 valence electrons. The Kier molecular flexibility index (Phi) is 5.43. The molecule has 3 rings (SSSR count). The minimum absolute atomic E-state index is 0.319. The van der Waals surface area contributed by atoms with Gasteiger partial charge in [-0.2, -0.15) is 0 Å². The second-order valence-corrected chi connectivity index (χ2v) is 9.57. The summed E-state index contributed by atoms with van der Waals surface area (Å²) >= 11 is 0. The van der Waals surface area contributed by atoms with Crippen LogP contribution in [0.3, 0.4) is 0 Å². The van der Waals surface area contributed by atoms with Crippen molar-refractivity contribution in [3.8, 4) is 5.75 Å². The first-order valence-corrected chi connectivity index (χ1v) is 9.81. The summed E-state index contributed by atoms with van der Waals surface area (Å²) in [6.45, 7) is 6.44. The molecular formula is C22H32FNO2. The number of nitrogens with zero attached hydrogens (tertiary/aromatic N) is 1. The number of ether oxygens (including phenoxy) is 1. The van der Waals surface area contributed by atoms with Crippen molar-refractivity contribution >= 4 is 5.97 Å². The number of esters is 1. The molecule has 2 aliphatic rings. The highest BCUT2D eigenvalue weighted by Gasteiger charge is 2.42. The number of benzene rings is 1. The second kappa shape index (κ2) is 7.30. The molecule has 4 atom stereocenters. The normalized spacial score (nSPS) is 28.4. The van der Waals surface area contributed by atoms with Crippen LogP contribution in [0.1, 0.15) is 57.9 Å². The molecule has 2 fully saturated rings. The maximum atomic E-state index is 14.3. The highest BCUT2D eigenvalue weighted by atomic mass is 19.1. The van der Waals surface area contributed by atoms with E-state index < -0.39 is 5.41 Å². The molecule has 0 unspecified atom stereocenters. The smallest absolute Gasteiger partial charge is 0.316 e. The standard InChI is InChI=1S/C22H32FNO2/c1-22(2,3)21(25)26-18-11-16(10-17(23)12-18)19-9-14-6-7-15(8-14)20(19)13-24(4)5/h10-12,14-15,19-20H,6-9,13H2,1-5H3/t14-,15-,19+,20+/m1/s1. The maximum absolute atomic E-state index is 14.3. The molecule has 1 aromatic carbocycles. The molecule has 26 heavy (non-hydrogen) atoms. The van der Waals surface area contributed by atoms with Crippen LogP contribution in [0.25, 0.3) is 0 Å². The molecule has 0 amide bonds. The van der Waals surface area contributed by atoms with Gasteiger partial charge in [0.25, 0.3) is 0 Å². The van der Waals surface area contributed by atoms with Gasteiger partial charge < -0.3 is 9.64 Å². The third kappa shape index (κ3) is 4.28. The monoisotopic (exact) mass is 361 g/mol. The average molecular weight is 362 g/mol. The summed E-state index contributed by atoms with van der Waals surface area (Å²) in [6, 6.07) is 4.86. The van der Waals surface area contributed by atoms with Gasteiger partial charge in [0.05, 0.1) is 5.41 Å². The SMILES string of the molecule is CN(C)C[C@H]1[C@@H]2CC[C@H](C2)C[C@H]1c1cc(F)cc(OC(=O)C(C)(C)C)c1. The quantitative estimate of drug-likeness (QED) is 0.567. The molecule has 0 radical (unpaired) electrons. The fraction of sp³-hybridized carbons (Fsp3) is 0.682. The molecule has 0 aliphatic heterocycles. The van der Waals surface area contributed by atoms with Crippen LogP contribution < -0.4 is 4.74 Å². The van der Waals surface area contributed by atoms with E-state index in [4.69, 9.17) is 4.74 Å². The van der Waals surface area contributed by atoms with E-state index in [1.165, 1.54) is 25.3 Å². The van der Waals surface area contributed by atoms with Gasteiger partial charge in [0.2, 0.25) is 0 Å². The Morgan fingerprint density at radius 3 is 2.58 bits per heavy atom. The highest BCUT2D eigenvalue weighted by Crippen LogP contribution is 2.52. The van der Waals surface area contributed by atoms with Crippen molar-refractivity contribution in [2.45, 2.75) is 52.4 Å². The van der Waals surface area contributed by atoms with Crippen LogP contribution in [0.2, 0.25) is 0 Å². The van der Waals surface area contributed by atoms with Gasteiger partial charge in [-0.3, -0.25) is 4.79 Å². The number of rotatable bonds is 4. The van der Waals surface area contributed by atoms with Gasteiger partial charge in [-0.25, -0.2) is 4.39 Å². The second-order valence-electron chi connectivity index (χ2n) is 9.57. The molecule has 0 heterocycles. The van der Waals surface area contributed by atoms with Gasteiger partial charge in [-0.15, -0.1) is 0 Å². The van der Waals surface area contributed by atoms with Gasteiger partial charge >= 0.3 is 5.97 Å². The minimum Gasteiger partial charge on any atom is -0.426 e. The number of fused-ring (bicyclic) bond motifs is 2. The zero-order valence-corrected chi connectivity index (χ0v) is 16.7. The summed E-state index contributed by atoms with van der Waals surface area (Å²) < 4.78 is 19.8. The zero-order chi connectivity index (χ0) is 19.1. The van der Waals surface area contributed by atoms with Crippen molar-refractivity contribution in [2.24, 2.45) is 23.2 Å². The molecule has 0 spiro atoms. The van der Waals surface area contributed by atoms with E-state index >= 15 is 0 Å². The molecule has 0 N–H and O–H groups in total.